The largest absolute Gasteiger partial charge is 0.573 e. The zero-order chi connectivity index (χ0) is 30.0. The van der Waals surface area contributed by atoms with Gasteiger partial charge in [-0.1, -0.05) is 42.0 Å². The van der Waals surface area contributed by atoms with Gasteiger partial charge in [-0.2, -0.15) is 4.99 Å². The minimum absolute atomic E-state index is 0.282. The summed E-state index contributed by atoms with van der Waals surface area (Å²) < 4.78 is 44.6. The number of ether oxygens (including phenoxy) is 1. The number of aryl methyl sites for hydroxylation is 4. The fourth-order valence-electron chi connectivity index (χ4n) is 4.66. The number of nitrogens with one attached hydrogen (secondary N) is 1. The van der Waals surface area contributed by atoms with Crippen molar-refractivity contribution >= 4 is 17.4 Å². The van der Waals surface area contributed by atoms with Crippen LogP contribution in [0.5, 0.6) is 5.75 Å². The molecule has 0 radical (unpaired) electrons. The van der Waals surface area contributed by atoms with Crippen molar-refractivity contribution in [1.29, 1.82) is 0 Å². The summed E-state index contributed by atoms with van der Waals surface area (Å²) in [6.07, 6.45) is -3.28. The summed E-state index contributed by atoms with van der Waals surface area (Å²) in [5, 5.41) is 9.25. The maximum Gasteiger partial charge on any atom is 0.573 e. The molecular weight excluding hydrogens is 565 g/mol. The monoisotopic (exact) mass is 592 g/mol. The summed E-state index contributed by atoms with van der Waals surface area (Å²) in [7, 11) is 0. The SMILES string of the molecule is Cc1cc(C)c(-n2c(C)csc2=NC(=O)NCc2ccc(-c3ncn(-c4ccc(OC(F)(F)F)cc4)n3)cc2)c(C)c1. The van der Waals surface area contributed by atoms with Crippen LogP contribution in [0.15, 0.2) is 77.4 Å². The van der Waals surface area contributed by atoms with Crippen molar-refractivity contribution in [3.63, 3.8) is 0 Å². The lowest BCUT2D eigenvalue weighted by Crippen LogP contribution is -2.24. The Morgan fingerprint density at radius 3 is 2.31 bits per heavy atom. The van der Waals surface area contributed by atoms with Gasteiger partial charge in [-0.15, -0.1) is 29.6 Å². The molecular formula is C30H27F3N6O2S. The van der Waals surface area contributed by atoms with E-state index in [-0.39, 0.29) is 12.3 Å². The molecule has 0 bridgehead atoms. The third-order valence-corrected chi connectivity index (χ3v) is 7.36. The van der Waals surface area contributed by atoms with Crippen molar-refractivity contribution in [2.24, 2.45) is 4.99 Å². The van der Waals surface area contributed by atoms with Crippen molar-refractivity contribution in [3.8, 4) is 28.5 Å². The van der Waals surface area contributed by atoms with Gasteiger partial charge in [0.25, 0.3) is 0 Å². The number of urea groups is 1. The third-order valence-electron chi connectivity index (χ3n) is 6.42. The minimum atomic E-state index is -4.75. The number of thiazole rings is 1. The Bertz CT molecular complexity index is 1780. The van der Waals surface area contributed by atoms with Crippen LogP contribution in [0.4, 0.5) is 18.0 Å². The van der Waals surface area contributed by atoms with Gasteiger partial charge in [0, 0.05) is 23.2 Å². The lowest BCUT2D eigenvalue weighted by molar-refractivity contribution is -0.274. The van der Waals surface area contributed by atoms with Gasteiger partial charge in [-0.05, 0) is 68.7 Å². The molecule has 0 fully saturated rings. The van der Waals surface area contributed by atoms with Crippen molar-refractivity contribution < 1.29 is 22.7 Å². The van der Waals surface area contributed by atoms with Gasteiger partial charge in [0.2, 0.25) is 0 Å². The molecule has 5 rings (SSSR count). The maximum atomic E-state index is 12.7. The van der Waals surface area contributed by atoms with Crippen molar-refractivity contribution in [1.82, 2.24) is 24.6 Å². The average Bonchev–Trinajstić information content (AvgIpc) is 3.55. The van der Waals surface area contributed by atoms with Crippen molar-refractivity contribution in [2.75, 3.05) is 0 Å². The second-order valence-electron chi connectivity index (χ2n) is 9.76. The Balaban J connectivity index is 1.25. The Morgan fingerprint density at radius 1 is 1.00 bits per heavy atom. The van der Waals surface area contributed by atoms with E-state index in [9.17, 15) is 18.0 Å². The standard InChI is InChI=1S/C30H27F3N6O2S/c1-18-13-19(2)26(20(3)14-18)39-21(4)16-42-29(39)36-28(40)34-15-22-5-7-23(8-6-22)27-35-17-38(37-27)24-9-11-25(12-10-24)41-30(31,32)33/h5-14,16-17H,15H2,1-4H3,(H,34,40). The molecule has 216 valence electrons. The molecule has 2 amide bonds. The van der Waals surface area contributed by atoms with Crippen LogP contribution in [-0.2, 0) is 6.54 Å². The number of alkyl halides is 3. The van der Waals surface area contributed by atoms with Crippen LogP contribution in [0, 0.1) is 27.7 Å². The highest BCUT2D eigenvalue weighted by atomic mass is 32.1. The molecule has 42 heavy (non-hydrogen) atoms. The fraction of sp³-hybridized carbons (Fsp3) is 0.200. The van der Waals surface area contributed by atoms with Crippen LogP contribution in [0.2, 0.25) is 0 Å². The average molecular weight is 593 g/mol. The summed E-state index contributed by atoms with van der Waals surface area (Å²) in [4.78, 5) is 22.0. The first-order valence-corrected chi connectivity index (χ1v) is 13.8. The second kappa shape index (κ2) is 11.6. The zero-order valence-corrected chi connectivity index (χ0v) is 24.0. The number of carbonyl (C=O) groups is 1. The first-order chi connectivity index (χ1) is 20.0. The number of amides is 2. The highest BCUT2D eigenvalue weighted by Crippen LogP contribution is 2.25. The summed E-state index contributed by atoms with van der Waals surface area (Å²) in [5.41, 5.74) is 7.58. The minimum Gasteiger partial charge on any atom is -0.406 e. The van der Waals surface area contributed by atoms with Gasteiger partial charge in [-0.25, -0.2) is 14.5 Å². The molecule has 2 aromatic heterocycles. The first-order valence-electron chi connectivity index (χ1n) is 12.9. The molecule has 12 heteroatoms. The van der Waals surface area contributed by atoms with Gasteiger partial charge < -0.3 is 10.1 Å². The number of halogens is 3. The molecule has 3 aromatic carbocycles. The Kier molecular flexibility index (Phi) is 7.99. The smallest absolute Gasteiger partial charge is 0.406 e. The summed E-state index contributed by atoms with van der Waals surface area (Å²) in [6.45, 7) is 8.45. The van der Waals surface area contributed by atoms with Gasteiger partial charge in [0.05, 0.1) is 11.4 Å². The zero-order valence-electron chi connectivity index (χ0n) is 23.2. The predicted molar refractivity (Wildman–Crippen MR) is 154 cm³/mol. The Labute approximate surface area is 243 Å². The number of rotatable bonds is 6. The van der Waals surface area contributed by atoms with E-state index in [1.807, 2.05) is 41.1 Å². The lowest BCUT2D eigenvalue weighted by Gasteiger charge is -2.14. The van der Waals surface area contributed by atoms with Gasteiger partial charge in [0.15, 0.2) is 10.6 Å². The molecule has 0 aliphatic heterocycles. The topological polar surface area (TPSA) is 86.3 Å². The van der Waals surface area contributed by atoms with E-state index in [0.717, 1.165) is 33.6 Å². The van der Waals surface area contributed by atoms with Crippen LogP contribution >= 0.6 is 11.3 Å². The predicted octanol–water partition coefficient (Wildman–Crippen LogP) is 6.73. The lowest BCUT2D eigenvalue weighted by atomic mass is 10.0. The van der Waals surface area contributed by atoms with E-state index >= 15 is 0 Å². The number of nitrogens with zero attached hydrogens (tertiary/aromatic N) is 5. The quantitative estimate of drug-likeness (QED) is 0.237. The molecule has 0 atom stereocenters. The number of hydrogen-bond acceptors (Lipinski definition) is 5. The number of aromatic nitrogens is 4. The van der Waals surface area contributed by atoms with Crippen LogP contribution in [0.25, 0.3) is 22.8 Å². The molecule has 0 saturated heterocycles. The Morgan fingerprint density at radius 2 is 1.67 bits per heavy atom. The number of carbonyl (C=O) groups excluding carboxylic acids is 1. The number of hydrogen-bond donors (Lipinski definition) is 1. The first kappa shape index (κ1) is 28.8. The Hall–Kier alpha value is -4.71. The van der Waals surface area contributed by atoms with Gasteiger partial charge in [-0.3, -0.25) is 4.57 Å². The van der Waals surface area contributed by atoms with Crippen LogP contribution in [0.3, 0.4) is 0 Å². The molecule has 0 aliphatic rings. The highest BCUT2D eigenvalue weighted by Gasteiger charge is 2.31. The van der Waals surface area contributed by atoms with Crippen molar-refractivity contribution in [3.05, 3.63) is 105 Å². The van der Waals surface area contributed by atoms with Crippen molar-refractivity contribution in [2.45, 2.75) is 40.6 Å². The number of benzene rings is 3. The molecule has 0 saturated carbocycles. The van der Waals surface area contributed by atoms with Gasteiger partial charge >= 0.3 is 12.4 Å². The van der Waals surface area contributed by atoms with E-state index in [1.165, 1.54) is 52.2 Å². The normalized spacial score (nSPS) is 12.0. The fourth-order valence-corrected chi connectivity index (χ4v) is 5.52. The van der Waals surface area contributed by atoms with E-state index < -0.39 is 12.4 Å². The second-order valence-corrected chi connectivity index (χ2v) is 10.6. The summed E-state index contributed by atoms with van der Waals surface area (Å²) in [6, 6.07) is 16.5. The van der Waals surface area contributed by atoms with Crippen LogP contribution < -0.4 is 14.9 Å². The third kappa shape index (κ3) is 6.60. The maximum absolute atomic E-state index is 12.7. The van der Waals surface area contributed by atoms with E-state index in [2.05, 4.69) is 58.0 Å². The van der Waals surface area contributed by atoms with E-state index in [4.69, 9.17) is 0 Å². The van der Waals surface area contributed by atoms with E-state index in [1.54, 1.807) is 0 Å². The molecule has 0 aliphatic carbocycles. The van der Waals surface area contributed by atoms with Crippen LogP contribution in [-0.4, -0.2) is 31.7 Å². The van der Waals surface area contributed by atoms with E-state index in [0.29, 0.717) is 16.3 Å². The molecule has 5 aromatic rings. The molecule has 0 unspecified atom stereocenters. The summed E-state index contributed by atoms with van der Waals surface area (Å²) >= 11 is 1.41. The highest BCUT2D eigenvalue weighted by molar-refractivity contribution is 7.07. The molecule has 8 nitrogen and oxygen atoms in total. The van der Waals surface area contributed by atoms with Crippen LogP contribution in [0.1, 0.15) is 27.9 Å². The summed E-state index contributed by atoms with van der Waals surface area (Å²) in [5.74, 6) is 0.124. The van der Waals surface area contributed by atoms with Gasteiger partial charge in [0.1, 0.15) is 12.1 Å². The molecule has 2 heterocycles. The molecule has 0 spiro atoms. The molecule has 1 N–H and O–H groups in total.